The summed E-state index contributed by atoms with van der Waals surface area (Å²) >= 11 is 0. The monoisotopic (exact) mass is 226 g/mol. The first kappa shape index (κ1) is 9.81. The number of hydrogen-bond donors (Lipinski definition) is 2. The lowest BCUT2D eigenvalue weighted by molar-refractivity contribution is 0.477. The van der Waals surface area contributed by atoms with E-state index in [0.29, 0.717) is 0 Å². The third-order valence-corrected chi connectivity index (χ3v) is 2.81. The van der Waals surface area contributed by atoms with Crippen LogP contribution in [0.5, 0.6) is 5.75 Å². The lowest BCUT2D eigenvalue weighted by Crippen LogP contribution is -1.99. The summed E-state index contributed by atoms with van der Waals surface area (Å²) in [5, 5.41) is 16.6. The molecule has 0 amide bonds. The SMILES string of the molecule is O=S(=O)(O)c1ccc(O)c2nnccc12. The molecular formula is C8H6N2O4S. The Balaban J connectivity index is 2.96. The summed E-state index contributed by atoms with van der Waals surface area (Å²) in [4.78, 5) is -0.301. The molecule has 0 spiro atoms. The maximum Gasteiger partial charge on any atom is 0.295 e. The third kappa shape index (κ3) is 1.62. The molecule has 1 heterocycles. The zero-order valence-corrected chi connectivity index (χ0v) is 8.14. The van der Waals surface area contributed by atoms with E-state index in [4.69, 9.17) is 4.55 Å². The normalized spacial score (nSPS) is 11.8. The molecule has 78 valence electrons. The quantitative estimate of drug-likeness (QED) is 0.690. The summed E-state index contributed by atoms with van der Waals surface area (Å²) in [7, 11) is -4.33. The van der Waals surface area contributed by atoms with Gasteiger partial charge in [0.15, 0.2) is 0 Å². The van der Waals surface area contributed by atoms with E-state index in [-0.39, 0.29) is 21.5 Å². The number of benzene rings is 1. The van der Waals surface area contributed by atoms with Gasteiger partial charge in [-0.05, 0) is 18.2 Å². The molecule has 2 aromatic rings. The van der Waals surface area contributed by atoms with Gasteiger partial charge in [0.1, 0.15) is 16.2 Å². The number of aromatic nitrogens is 2. The van der Waals surface area contributed by atoms with E-state index in [9.17, 15) is 13.5 Å². The van der Waals surface area contributed by atoms with Crippen LogP contribution in [0.1, 0.15) is 0 Å². The second-order valence-corrected chi connectivity index (χ2v) is 4.24. The van der Waals surface area contributed by atoms with Crippen LogP contribution in [0.2, 0.25) is 0 Å². The lowest BCUT2D eigenvalue weighted by Gasteiger charge is -2.03. The van der Waals surface area contributed by atoms with Gasteiger partial charge in [0.2, 0.25) is 0 Å². The van der Waals surface area contributed by atoms with Crippen LogP contribution in [0.15, 0.2) is 29.3 Å². The number of phenolic OH excluding ortho intramolecular Hbond substituents is 1. The first-order chi connectivity index (χ1) is 7.00. The largest absolute Gasteiger partial charge is 0.506 e. The van der Waals surface area contributed by atoms with Crippen molar-refractivity contribution in [1.29, 1.82) is 0 Å². The molecule has 0 aliphatic heterocycles. The molecule has 0 saturated heterocycles. The summed E-state index contributed by atoms with van der Waals surface area (Å²) in [6.45, 7) is 0. The summed E-state index contributed by atoms with van der Waals surface area (Å²) in [5.41, 5.74) is 0.0348. The van der Waals surface area contributed by atoms with Gasteiger partial charge >= 0.3 is 0 Å². The predicted octanol–water partition coefficient (Wildman–Crippen LogP) is 0.582. The van der Waals surface area contributed by atoms with Crippen LogP contribution in [0, 0.1) is 0 Å². The van der Waals surface area contributed by atoms with E-state index < -0.39 is 10.1 Å². The minimum Gasteiger partial charge on any atom is -0.506 e. The molecule has 1 aromatic carbocycles. The van der Waals surface area contributed by atoms with Crippen molar-refractivity contribution in [2.75, 3.05) is 0 Å². The Bertz CT molecular complexity index is 624. The average molecular weight is 226 g/mol. The third-order valence-electron chi connectivity index (χ3n) is 1.90. The highest BCUT2D eigenvalue weighted by Gasteiger charge is 2.16. The first-order valence-corrected chi connectivity index (χ1v) is 5.35. The van der Waals surface area contributed by atoms with Crippen LogP contribution >= 0.6 is 0 Å². The van der Waals surface area contributed by atoms with Gasteiger partial charge in [-0.15, -0.1) is 5.10 Å². The molecule has 2 N–H and O–H groups in total. The van der Waals surface area contributed by atoms with Gasteiger partial charge < -0.3 is 5.11 Å². The molecule has 2 rings (SSSR count). The molecular weight excluding hydrogens is 220 g/mol. The molecule has 15 heavy (non-hydrogen) atoms. The molecule has 0 saturated carbocycles. The average Bonchev–Trinajstić information content (AvgIpc) is 2.17. The molecule has 0 aliphatic carbocycles. The molecule has 7 heteroatoms. The standard InChI is InChI=1S/C8H6N2O4S/c11-6-1-2-7(15(12,13)14)5-3-4-9-10-8(5)6/h1-4,11H,(H,12,13,14). The van der Waals surface area contributed by atoms with E-state index in [1.54, 1.807) is 0 Å². The van der Waals surface area contributed by atoms with Crippen LogP contribution < -0.4 is 0 Å². The van der Waals surface area contributed by atoms with E-state index in [1.165, 1.54) is 12.3 Å². The fourth-order valence-electron chi connectivity index (χ4n) is 1.27. The van der Waals surface area contributed by atoms with Crippen molar-refractivity contribution in [2.24, 2.45) is 0 Å². The summed E-state index contributed by atoms with van der Waals surface area (Å²) in [6.07, 6.45) is 1.27. The van der Waals surface area contributed by atoms with Crippen LogP contribution in [0.3, 0.4) is 0 Å². The Morgan fingerprint density at radius 3 is 2.60 bits per heavy atom. The number of rotatable bonds is 1. The second-order valence-electron chi connectivity index (χ2n) is 2.85. The zero-order chi connectivity index (χ0) is 11.1. The highest BCUT2D eigenvalue weighted by atomic mass is 32.2. The van der Waals surface area contributed by atoms with Gasteiger partial charge in [-0.1, -0.05) is 0 Å². The summed E-state index contributed by atoms with van der Waals surface area (Å²) in [6, 6.07) is 3.60. The fourth-order valence-corrected chi connectivity index (χ4v) is 1.95. The number of aromatic hydroxyl groups is 1. The molecule has 0 fully saturated rings. The highest BCUT2D eigenvalue weighted by molar-refractivity contribution is 7.86. The Morgan fingerprint density at radius 2 is 1.93 bits per heavy atom. The van der Waals surface area contributed by atoms with E-state index in [2.05, 4.69) is 10.2 Å². The van der Waals surface area contributed by atoms with Crippen LogP contribution in [0.4, 0.5) is 0 Å². The predicted molar refractivity (Wildman–Crippen MR) is 51.0 cm³/mol. The molecule has 1 aromatic heterocycles. The van der Waals surface area contributed by atoms with E-state index in [0.717, 1.165) is 12.1 Å². The maximum atomic E-state index is 11.0. The van der Waals surface area contributed by atoms with E-state index in [1.807, 2.05) is 0 Å². The van der Waals surface area contributed by atoms with Crippen molar-refractivity contribution in [1.82, 2.24) is 10.2 Å². The van der Waals surface area contributed by atoms with Crippen molar-refractivity contribution in [2.45, 2.75) is 4.90 Å². The topological polar surface area (TPSA) is 100 Å². The van der Waals surface area contributed by atoms with Crippen molar-refractivity contribution in [3.05, 3.63) is 24.4 Å². The maximum absolute atomic E-state index is 11.0. The van der Waals surface area contributed by atoms with E-state index >= 15 is 0 Å². The van der Waals surface area contributed by atoms with Gasteiger partial charge in [-0.25, -0.2) is 0 Å². The van der Waals surface area contributed by atoms with Gasteiger partial charge in [-0.3, -0.25) is 4.55 Å². The second kappa shape index (κ2) is 3.14. The molecule has 0 bridgehead atoms. The van der Waals surface area contributed by atoms with Crippen molar-refractivity contribution in [3.8, 4) is 5.75 Å². The molecule has 0 aliphatic rings. The summed E-state index contributed by atoms with van der Waals surface area (Å²) in [5.74, 6) is -0.189. The first-order valence-electron chi connectivity index (χ1n) is 3.91. The molecule has 0 unspecified atom stereocenters. The lowest BCUT2D eigenvalue weighted by atomic mass is 10.2. The van der Waals surface area contributed by atoms with Gasteiger partial charge in [-0.2, -0.15) is 13.5 Å². The van der Waals surface area contributed by atoms with Crippen LogP contribution in [-0.2, 0) is 10.1 Å². The minimum absolute atomic E-state index is 0.0348. The molecule has 0 atom stereocenters. The zero-order valence-electron chi connectivity index (χ0n) is 7.32. The van der Waals surface area contributed by atoms with Gasteiger partial charge in [0.05, 0.1) is 6.20 Å². The van der Waals surface area contributed by atoms with Crippen molar-refractivity contribution in [3.63, 3.8) is 0 Å². The Morgan fingerprint density at radius 1 is 1.20 bits per heavy atom. The minimum atomic E-state index is -4.33. The fraction of sp³-hybridized carbons (Fsp3) is 0. The van der Waals surface area contributed by atoms with Crippen LogP contribution in [-0.4, -0.2) is 28.3 Å². The number of phenols is 1. The smallest absolute Gasteiger partial charge is 0.295 e. The molecule has 6 nitrogen and oxygen atoms in total. The number of fused-ring (bicyclic) bond motifs is 1. The van der Waals surface area contributed by atoms with Crippen LogP contribution in [0.25, 0.3) is 10.9 Å². The highest BCUT2D eigenvalue weighted by Crippen LogP contribution is 2.27. The van der Waals surface area contributed by atoms with Gasteiger partial charge in [0.25, 0.3) is 10.1 Å². The Labute approximate surface area is 84.9 Å². The van der Waals surface area contributed by atoms with Crippen molar-refractivity contribution >= 4 is 21.0 Å². The number of nitrogens with zero attached hydrogens (tertiary/aromatic N) is 2. The Kier molecular flexibility index (Phi) is 2.06. The molecule has 0 radical (unpaired) electrons. The van der Waals surface area contributed by atoms with Crippen molar-refractivity contribution < 1.29 is 18.1 Å². The number of hydrogen-bond acceptors (Lipinski definition) is 5. The summed E-state index contributed by atoms with van der Waals surface area (Å²) < 4.78 is 30.9. The van der Waals surface area contributed by atoms with Gasteiger partial charge in [0, 0.05) is 5.39 Å². The Hall–Kier alpha value is -1.73.